The molecule has 16 heavy (non-hydrogen) atoms. The van der Waals surface area contributed by atoms with Crippen molar-refractivity contribution in [3.05, 3.63) is 0 Å². The summed E-state index contributed by atoms with van der Waals surface area (Å²) in [5.74, 6) is 2.56. The Morgan fingerprint density at radius 2 is 2.00 bits per heavy atom. The summed E-state index contributed by atoms with van der Waals surface area (Å²) in [6.07, 6.45) is 8.03. The second-order valence-electron chi connectivity index (χ2n) is 6.39. The van der Waals surface area contributed by atoms with Crippen molar-refractivity contribution in [1.29, 1.82) is 0 Å². The molecule has 3 rings (SSSR count). The molecule has 2 heteroatoms. The fraction of sp³-hybridized carbons (Fsp3) is 1.00. The molecule has 92 valence electrons. The average Bonchev–Trinajstić information content (AvgIpc) is 2.87. The van der Waals surface area contributed by atoms with Crippen LogP contribution in [0.25, 0.3) is 0 Å². The Labute approximate surface area is 99.1 Å². The molecule has 0 aromatic carbocycles. The van der Waals surface area contributed by atoms with Crippen molar-refractivity contribution in [3.8, 4) is 0 Å². The lowest BCUT2D eigenvalue weighted by Gasteiger charge is -2.26. The summed E-state index contributed by atoms with van der Waals surface area (Å²) in [6.45, 7) is 5.90. The van der Waals surface area contributed by atoms with Gasteiger partial charge in [-0.2, -0.15) is 0 Å². The van der Waals surface area contributed by atoms with Crippen molar-refractivity contribution in [2.24, 2.45) is 17.8 Å². The first-order valence-corrected chi connectivity index (χ1v) is 7.13. The number of ether oxygens (including phenoxy) is 1. The molecule has 0 spiro atoms. The highest BCUT2D eigenvalue weighted by molar-refractivity contribution is 4.93. The number of rotatable bonds is 5. The Morgan fingerprint density at radius 1 is 1.19 bits per heavy atom. The van der Waals surface area contributed by atoms with Crippen LogP contribution < -0.4 is 5.32 Å². The first-order valence-electron chi connectivity index (χ1n) is 7.13. The number of hydrogen-bond donors (Lipinski definition) is 1. The number of nitrogens with one attached hydrogen (secondary N) is 1. The maximum Gasteiger partial charge on any atom is 0.0621 e. The van der Waals surface area contributed by atoms with E-state index in [1.54, 1.807) is 0 Å². The van der Waals surface area contributed by atoms with Crippen LogP contribution >= 0.6 is 0 Å². The third kappa shape index (κ3) is 2.14. The summed E-state index contributed by atoms with van der Waals surface area (Å²) in [5.41, 5.74) is 0. The van der Waals surface area contributed by atoms with E-state index in [4.69, 9.17) is 4.74 Å². The Hall–Kier alpha value is -0.0800. The van der Waals surface area contributed by atoms with Crippen LogP contribution in [0.3, 0.4) is 0 Å². The molecule has 2 nitrogen and oxygen atoms in total. The van der Waals surface area contributed by atoms with Crippen LogP contribution in [-0.4, -0.2) is 24.8 Å². The molecule has 4 unspecified atom stereocenters. The van der Waals surface area contributed by atoms with Gasteiger partial charge >= 0.3 is 0 Å². The van der Waals surface area contributed by atoms with Gasteiger partial charge in [-0.25, -0.2) is 0 Å². The third-order valence-corrected chi connectivity index (χ3v) is 4.70. The summed E-state index contributed by atoms with van der Waals surface area (Å²) in [4.78, 5) is 0. The molecular formula is C14H25NO. The van der Waals surface area contributed by atoms with Crippen molar-refractivity contribution >= 4 is 0 Å². The zero-order valence-electron chi connectivity index (χ0n) is 10.6. The molecule has 1 saturated carbocycles. The quantitative estimate of drug-likeness (QED) is 0.773. The molecule has 2 aliphatic heterocycles. The Morgan fingerprint density at radius 3 is 2.50 bits per heavy atom. The second kappa shape index (κ2) is 4.30. The molecule has 0 radical (unpaired) electrons. The van der Waals surface area contributed by atoms with E-state index in [9.17, 15) is 0 Å². The third-order valence-electron chi connectivity index (χ3n) is 4.70. The van der Waals surface area contributed by atoms with Crippen molar-refractivity contribution in [2.75, 3.05) is 6.54 Å². The fourth-order valence-electron chi connectivity index (χ4n) is 3.65. The highest BCUT2D eigenvalue weighted by Crippen LogP contribution is 2.39. The van der Waals surface area contributed by atoms with Crippen LogP contribution in [0.5, 0.6) is 0 Å². The minimum Gasteiger partial charge on any atom is -0.375 e. The molecule has 0 amide bonds. The molecule has 0 aromatic rings. The second-order valence-corrected chi connectivity index (χ2v) is 6.39. The Balaban J connectivity index is 1.48. The molecule has 4 atom stereocenters. The maximum atomic E-state index is 5.91. The zero-order chi connectivity index (χ0) is 11.1. The van der Waals surface area contributed by atoms with Crippen molar-refractivity contribution in [1.82, 2.24) is 5.32 Å². The van der Waals surface area contributed by atoms with Crippen LogP contribution in [0.1, 0.15) is 46.0 Å². The number of hydrogen-bond acceptors (Lipinski definition) is 2. The van der Waals surface area contributed by atoms with Crippen LogP contribution in [0, 0.1) is 17.8 Å². The van der Waals surface area contributed by atoms with Crippen LogP contribution in [0.4, 0.5) is 0 Å². The summed E-state index contributed by atoms with van der Waals surface area (Å²) in [6, 6.07) is 0.763. The van der Waals surface area contributed by atoms with E-state index in [2.05, 4.69) is 19.2 Å². The Bertz CT molecular complexity index is 247. The molecule has 2 bridgehead atoms. The van der Waals surface area contributed by atoms with Gasteiger partial charge in [0.15, 0.2) is 0 Å². The SMILES string of the molecule is CC(C)C(NCC1CC2CCC1O2)C1CC1. The van der Waals surface area contributed by atoms with Crippen LogP contribution in [0.15, 0.2) is 0 Å². The van der Waals surface area contributed by atoms with Gasteiger partial charge in [0, 0.05) is 18.5 Å². The molecular weight excluding hydrogens is 198 g/mol. The van der Waals surface area contributed by atoms with E-state index in [0.29, 0.717) is 12.2 Å². The van der Waals surface area contributed by atoms with E-state index in [-0.39, 0.29) is 0 Å². The molecule has 1 N–H and O–H groups in total. The van der Waals surface area contributed by atoms with Gasteiger partial charge in [-0.15, -0.1) is 0 Å². The minimum absolute atomic E-state index is 0.588. The first kappa shape index (κ1) is 11.0. The topological polar surface area (TPSA) is 21.3 Å². The summed E-state index contributed by atoms with van der Waals surface area (Å²) < 4.78 is 5.91. The predicted molar refractivity (Wildman–Crippen MR) is 65.4 cm³/mol. The molecule has 1 aliphatic carbocycles. The number of fused-ring (bicyclic) bond motifs is 2. The van der Waals surface area contributed by atoms with E-state index >= 15 is 0 Å². The van der Waals surface area contributed by atoms with Gasteiger partial charge in [-0.3, -0.25) is 0 Å². The normalized spacial score (nSPS) is 39.6. The van der Waals surface area contributed by atoms with Crippen LogP contribution in [-0.2, 0) is 4.74 Å². The van der Waals surface area contributed by atoms with E-state index in [1.807, 2.05) is 0 Å². The van der Waals surface area contributed by atoms with Crippen molar-refractivity contribution in [2.45, 2.75) is 64.2 Å². The van der Waals surface area contributed by atoms with Gasteiger partial charge < -0.3 is 10.1 Å². The van der Waals surface area contributed by atoms with E-state index in [1.165, 1.54) is 38.6 Å². The van der Waals surface area contributed by atoms with Gasteiger partial charge in [0.05, 0.1) is 12.2 Å². The van der Waals surface area contributed by atoms with Crippen molar-refractivity contribution in [3.63, 3.8) is 0 Å². The minimum atomic E-state index is 0.588. The van der Waals surface area contributed by atoms with Gasteiger partial charge in [-0.1, -0.05) is 13.8 Å². The van der Waals surface area contributed by atoms with Gasteiger partial charge in [0.2, 0.25) is 0 Å². The monoisotopic (exact) mass is 223 g/mol. The average molecular weight is 223 g/mol. The van der Waals surface area contributed by atoms with Crippen LogP contribution in [0.2, 0.25) is 0 Å². The standard InChI is InChI=1S/C14H25NO/c1-9(2)14(10-3-4-10)15-8-11-7-12-5-6-13(11)16-12/h9-15H,3-8H2,1-2H3. The smallest absolute Gasteiger partial charge is 0.0621 e. The maximum absolute atomic E-state index is 5.91. The summed E-state index contributed by atoms with van der Waals surface area (Å²) >= 11 is 0. The molecule has 3 aliphatic rings. The lowest BCUT2D eigenvalue weighted by atomic mass is 9.88. The fourth-order valence-corrected chi connectivity index (χ4v) is 3.65. The highest BCUT2D eigenvalue weighted by atomic mass is 16.5. The highest BCUT2D eigenvalue weighted by Gasteiger charge is 2.41. The lowest BCUT2D eigenvalue weighted by molar-refractivity contribution is 0.0914. The van der Waals surface area contributed by atoms with Gasteiger partial charge in [-0.05, 0) is 43.9 Å². The molecule has 2 heterocycles. The van der Waals surface area contributed by atoms with Crippen molar-refractivity contribution < 1.29 is 4.74 Å². The molecule has 2 saturated heterocycles. The predicted octanol–water partition coefficient (Wildman–Crippen LogP) is 2.58. The van der Waals surface area contributed by atoms with Gasteiger partial charge in [0.25, 0.3) is 0 Å². The molecule has 3 fully saturated rings. The van der Waals surface area contributed by atoms with E-state index in [0.717, 1.165) is 23.8 Å². The first-order chi connectivity index (χ1) is 7.74. The lowest BCUT2D eigenvalue weighted by Crippen LogP contribution is -2.40. The summed E-state index contributed by atoms with van der Waals surface area (Å²) in [5, 5.41) is 3.83. The zero-order valence-corrected chi connectivity index (χ0v) is 10.6. The van der Waals surface area contributed by atoms with Gasteiger partial charge in [0.1, 0.15) is 0 Å². The molecule has 0 aromatic heterocycles. The van der Waals surface area contributed by atoms with E-state index < -0.39 is 0 Å². The Kier molecular flexibility index (Phi) is 2.97. The largest absolute Gasteiger partial charge is 0.375 e. The summed E-state index contributed by atoms with van der Waals surface area (Å²) in [7, 11) is 0.